The lowest BCUT2D eigenvalue weighted by Crippen LogP contribution is -2.29. The van der Waals surface area contributed by atoms with Gasteiger partial charge in [-0.05, 0) is 44.9 Å². The SMILES string of the molecule is OC1(CCC2CCCO2)C=CCCC1. The van der Waals surface area contributed by atoms with Gasteiger partial charge >= 0.3 is 0 Å². The molecule has 14 heavy (non-hydrogen) atoms. The molecule has 1 aliphatic heterocycles. The highest BCUT2D eigenvalue weighted by molar-refractivity contribution is 5.04. The lowest BCUT2D eigenvalue weighted by atomic mass is 9.86. The van der Waals surface area contributed by atoms with E-state index >= 15 is 0 Å². The van der Waals surface area contributed by atoms with Crippen LogP contribution in [0.1, 0.15) is 44.9 Å². The van der Waals surface area contributed by atoms with Crippen LogP contribution in [0.3, 0.4) is 0 Å². The molecule has 1 heterocycles. The van der Waals surface area contributed by atoms with E-state index in [1.165, 1.54) is 12.8 Å². The molecule has 2 aliphatic rings. The van der Waals surface area contributed by atoms with Crippen LogP contribution in [0.2, 0.25) is 0 Å². The fraction of sp³-hybridized carbons (Fsp3) is 0.833. The van der Waals surface area contributed by atoms with Crippen molar-refractivity contribution in [2.45, 2.75) is 56.7 Å². The molecule has 0 saturated carbocycles. The zero-order valence-corrected chi connectivity index (χ0v) is 8.74. The normalized spacial score (nSPS) is 37.6. The second-order valence-corrected chi connectivity index (χ2v) is 4.57. The van der Waals surface area contributed by atoms with E-state index in [-0.39, 0.29) is 0 Å². The average molecular weight is 196 g/mol. The highest BCUT2D eigenvalue weighted by Crippen LogP contribution is 2.29. The summed E-state index contributed by atoms with van der Waals surface area (Å²) in [4.78, 5) is 0. The number of rotatable bonds is 3. The van der Waals surface area contributed by atoms with Gasteiger partial charge in [0.15, 0.2) is 0 Å². The Hall–Kier alpha value is -0.340. The van der Waals surface area contributed by atoms with Gasteiger partial charge in [0.25, 0.3) is 0 Å². The van der Waals surface area contributed by atoms with E-state index in [9.17, 15) is 5.11 Å². The zero-order chi connectivity index (χ0) is 9.86. The second-order valence-electron chi connectivity index (χ2n) is 4.57. The summed E-state index contributed by atoms with van der Waals surface area (Å²) in [6, 6.07) is 0. The Morgan fingerprint density at radius 3 is 3.00 bits per heavy atom. The fourth-order valence-electron chi connectivity index (χ4n) is 2.40. The lowest BCUT2D eigenvalue weighted by Gasteiger charge is -2.28. The maximum absolute atomic E-state index is 10.2. The minimum absolute atomic E-state index is 0.411. The molecule has 0 aromatic heterocycles. The quantitative estimate of drug-likeness (QED) is 0.702. The summed E-state index contributed by atoms with van der Waals surface area (Å²) < 4.78 is 5.55. The van der Waals surface area contributed by atoms with Gasteiger partial charge in [-0.3, -0.25) is 0 Å². The van der Waals surface area contributed by atoms with Gasteiger partial charge in [-0.25, -0.2) is 0 Å². The van der Waals surface area contributed by atoms with Crippen LogP contribution < -0.4 is 0 Å². The summed E-state index contributed by atoms with van der Waals surface area (Å²) in [6.45, 7) is 0.916. The molecule has 2 unspecified atom stereocenters. The molecule has 80 valence electrons. The molecule has 2 heteroatoms. The van der Waals surface area contributed by atoms with Crippen molar-refractivity contribution in [1.29, 1.82) is 0 Å². The number of aliphatic hydroxyl groups is 1. The average Bonchev–Trinajstić information content (AvgIpc) is 2.69. The molecule has 2 atom stereocenters. The standard InChI is InChI=1S/C12H20O2/c13-12(7-2-1-3-8-12)9-6-11-5-4-10-14-11/h2,7,11,13H,1,3-6,8-10H2. The summed E-state index contributed by atoms with van der Waals surface area (Å²) in [7, 11) is 0. The van der Waals surface area contributed by atoms with Crippen molar-refractivity contribution in [2.75, 3.05) is 6.61 Å². The van der Waals surface area contributed by atoms with Gasteiger partial charge in [-0.1, -0.05) is 12.2 Å². The molecule has 0 amide bonds. The van der Waals surface area contributed by atoms with Crippen molar-refractivity contribution in [2.24, 2.45) is 0 Å². The molecule has 0 aromatic rings. The van der Waals surface area contributed by atoms with Gasteiger partial charge in [0.2, 0.25) is 0 Å². The summed E-state index contributed by atoms with van der Waals surface area (Å²) >= 11 is 0. The monoisotopic (exact) mass is 196 g/mol. The maximum Gasteiger partial charge on any atom is 0.0828 e. The molecule has 2 nitrogen and oxygen atoms in total. The first-order valence-corrected chi connectivity index (χ1v) is 5.80. The summed E-state index contributed by atoms with van der Waals surface area (Å²) in [5, 5.41) is 10.2. The van der Waals surface area contributed by atoms with Gasteiger partial charge in [0.1, 0.15) is 0 Å². The molecule has 2 rings (SSSR count). The molecule has 1 fully saturated rings. The van der Waals surface area contributed by atoms with E-state index in [1.807, 2.05) is 6.08 Å². The molecule has 1 aliphatic carbocycles. The number of allylic oxidation sites excluding steroid dienone is 1. The highest BCUT2D eigenvalue weighted by atomic mass is 16.5. The topological polar surface area (TPSA) is 29.5 Å². The molecule has 0 radical (unpaired) electrons. The third-order valence-corrected chi connectivity index (χ3v) is 3.33. The predicted octanol–water partition coefficient (Wildman–Crippen LogP) is 2.42. The Bertz CT molecular complexity index is 206. The van der Waals surface area contributed by atoms with Crippen molar-refractivity contribution in [3.05, 3.63) is 12.2 Å². The van der Waals surface area contributed by atoms with Crippen molar-refractivity contribution in [3.8, 4) is 0 Å². The Morgan fingerprint density at radius 1 is 1.43 bits per heavy atom. The van der Waals surface area contributed by atoms with Crippen molar-refractivity contribution < 1.29 is 9.84 Å². The van der Waals surface area contributed by atoms with Crippen LogP contribution in [0, 0.1) is 0 Å². The Morgan fingerprint density at radius 2 is 2.36 bits per heavy atom. The Balaban J connectivity index is 1.77. The van der Waals surface area contributed by atoms with Crippen molar-refractivity contribution >= 4 is 0 Å². The smallest absolute Gasteiger partial charge is 0.0828 e. The minimum atomic E-state index is -0.524. The third kappa shape index (κ3) is 2.58. The molecular formula is C12H20O2. The summed E-state index contributed by atoms with van der Waals surface area (Å²) in [5.74, 6) is 0. The summed E-state index contributed by atoms with van der Waals surface area (Å²) in [6.07, 6.45) is 11.9. The second kappa shape index (κ2) is 4.45. The van der Waals surface area contributed by atoms with Gasteiger partial charge in [0, 0.05) is 6.61 Å². The first-order valence-electron chi connectivity index (χ1n) is 5.80. The molecule has 0 bridgehead atoms. The van der Waals surface area contributed by atoms with E-state index in [1.54, 1.807) is 0 Å². The van der Waals surface area contributed by atoms with E-state index in [0.717, 1.165) is 38.7 Å². The number of hydrogen-bond donors (Lipinski definition) is 1. The van der Waals surface area contributed by atoms with Crippen LogP contribution in [-0.4, -0.2) is 23.4 Å². The zero-order valence-electron chi connectivity index (χ0n) is 8.74. The summed E-state index contributed by atoms with van der Waals surface area (Å²) in [5.41, 5.74) is -0.524. The Kier molecular flexibility index (Phi) is 3.24. The molecule has 1 saturated heterocycles. The predicted molar refractivity (Wildman–Crippen MR) is 56.1 cm³/mol. The third-order valence-electron chi connectivity index (χ3n) is 3.33. The van der Waals surface area contributed by atoms with E-state index in [0.29, 0.717) is 6.10 Å². The number of hydrogen-bond acceptors (Lipinski definition) is 2. The molecule has 0 aromatic carbocycles. The number of ether oxygens (including phenoxy) is 1. The molecular weight excluding hydrogens is 176 g/mol. The largest absolute Gasteiger partial charge is 0.386 e. The Labute approximate surface area is 86.0 Å². The van der Waals surface area contributed by atoms with Crippen LogP contribution in [-0.2, 0) is 4.74 Å². The van der Waals surface area contributed by atoms with E-state index < -0.39 is 5.60 Å². The van der Waals surface area contributed by atoms with Gasteiger partial charge < -0.3 is 9.84 Å². The van der Waals surface area contributed by atoms with Crippen LogP contribution >= 0.6 is 0 Å². The minimum Gasteiger partial charge on any atom is -0.386 e. The first kappa shape index (κ1) is 10.2. The lowest BCUT2D eigenvalue weighted by molar-refractivity contribution is 0.0363. The first-order chi connectivity index (χ1) is 6.79. The fourth-order valence-corrected chi connectivity index (χ4v) is 2.40. The maximum atomic E-state index is 10.2. The van der Waals surface area contributed by atoms with Crippen LogP contribution in [0.25, 0.3) is 0 Å². The molecule has 1 N–H and O–H groups in total. The van der Waals surface area contributed by atoms with Crippen LogP contribution in [0.5, 0.6) is 0 Å². The molecule has 0 spiro atoms. The van der Waals surface area contributed by atoms with Gasteiger partial charge in [-0.15, -0.1) is 0 Å². The van der Waals surface area contributed by atoms with Crippen molar-refractivity contribution in [1.82, 2.24) is 0 Å². The van der Waals surface area contributed by atoms with Crippen molar-refractivity contribution in [3.63, 3.8) is 0 Å². The van der Waals surface area contributed by atoms with Gasteiger partial charge in [0.05, 0.1) is 11.7 Å². The van der Waals surface area contributed by atoms with Gasteiger partial charge in [-0.2, -0.15) is 0 Å². The van der Waals surface area contributed by atoms with Crippen LogP contribution in [0.4, 0.5) is 0 Å². The van der Waals surface area contributed by atoms with E-state index in [2.05, 4.69) is 6.08 Å². The highest BCUT2D eigenvalue weighted by Gasteiger charge is 2.27. The van der Waals surface area contributed by atoms with E-state index in [4.69, 9.17) is 4.74 Å². The van der Waals surface area contributed by atoms with Crippen LogP contribution in [0.15, 0.2) is 12.2 Å².